The summed E-state index contributed by atoms with van der Waals surface area (Å²) >= 11 is 0. The third-order valence-electron chi connectivity index (χ3n) is 2.71. The number of nitrogens with zero attached hydrogens (tertiary/aromatic N) is 2. The number of aromatic nitrogens is 2. The molecule has 21 heavy (non-hydrogen) atoms. The molecule has 118 valence electrons. The summed E-state index contributed by atoms with van der Waals surface area (Å²) in [5, 5.41) is 5.30. The number of aryl methyl sites for hydroxylation is 1. The molecule has 0 saturated heterocycles. The number of nitrogens with one attached hydrogen (secondary N) is 2. The average molecular weight is 296 g/mol. The van der Waals surface area contributed by atoms with Crippen LogP contribution in [-0.4, -0.2) is 32.7 Å². The SMILES string of the molecule is Cn1ccnc1CNC(=O)C(C)(C)NC(=O)OC(C)(C)C. The monoisotopic (exact) mass is 296 g/mol. The second kappa shape index (κ2) is 6.15. The quantitative estimate of drug-likeness (QED) is 0.878. The molecule has 2 N–H and O–H groups in total. The molecule has 1 aromatic rings. The number of ether oxygens (including phenoxy) is 1. The second-order valence-electron chi connectivity index (χ2n) is 6.39. The number of carbonyl (C=O) groups is 2. The predicted molar refractivity (Wildman–Crippen MR) is 78.5 cm³/mol. The molecule has 1 aromatic heterocycles. The van der Waals surface area contributed by atoms with Crippen molar-refractivity contribution in [3.8, 4) is 0 Å². The van der Waals surface area contributed by atoms with Crippen molar-refractivity contribution in [3.63, 3.8) is 0 Å². The summed E-state index contributed by atoms with van der Waals surface area (Å²) in [4.78, 5) is 28.0. The molecule has 0 spiro atoms. The molecule has 0 saturated carbocycles. The van der Waals surface area contributed by atoms with Gasteiger partial charge in [-0.05, 0) is 34.6 Å². The zero-order chi connectivity index (χ0) is 16.3. The van der Waals surface area contributed by atoms with Crippen molar-refractivity contribution < 1.29 is 14.3 Å². The Bertz CT molecular complexity index is 515. The van der Waals surface area contributed by atoms with Gasteiger partial charge in [-0.3, -0.25) is 4.79 Å². The number of imidazole rings is 1. The Morgan fingerprint density at radius 1 is 1.29 bits per heavy atom. The van der Waals surface area contributed by atoms with Crippen molar-refractivity contribution in [2.75, 3.05) is 0 Å². The summed E-state index contributed by atoms with van der Waals surface area (Å²) in [6.45, 7) is 8.82. The number of amides is 2. The third kappa shape index (κ3) is 5.45. The molecule has 7 nitrogen and oxygen atoms in total. The van der Waals surface area contributed by atoms with Crippen LogP contribution in [0.15, 0.2) is 12.4 Å². The Labute approximate surface area is 125 Å². The van der Waals surface area contributed by atoms with Crippen molar-refractivity contribution in [3.05, 3.63) is 18.2 Å². The van der Waals surface area contributed by atoms with Gasteiger partial charge in [-0.2, -0.15) is 0 Å². The normalized spacial score (nSPS) is 11.9. The lowest BCUT2D eigenvalue weighted by Gasteiger charge is -2.27. The molecule has 0 unspecified atom stereocenters. The van der Waals surface area contributed by atoms with E-state index in [4.69, 9.17) is 4.74 Å². The Kier molecular flexibility index (Phi) is 4.98. The van der Waals surface area contributed by atoms with Gasteiger partial charge in [-0.1, -0.05) is 0 Å². The van der Waals surface area contributed by atoms with Gasteiger partial charge in [0.05, 0.1) is 6.54 Å². The number of carbonyl (C=O) groups excluding carboxylic acids is 2. The van der Waals surface area contributed by atoms with Gasteiger partial charge in [0.25, 0.3) is 0 Å². The fourth-order valence-electron chi connectivity index (χ4n) is 1.56. The van der Waals surface area contributed by atoms with E-state index in [1.54, 1.807) is 47.0 Å². The number of rotatable bonds is 4. The van der Waals surface area contributed by atoms with Crippen molar-refractivity contribution >= 4 is 12.0 Å². The van der Waals surface area contributed by atoms with Crippen molar-refractivity contribution in [2.45, 2.75) is 52.3 Å². The number of hydrogen-bond acceptors (Lipinski definition) is 4. The lowest BCUT2D eigenvalue weighted by atomic mass is 10.1. The zero-order valence-electron chi connectivity index (χ0n) is 13.5. The molecule has 0 aliphatic rings. The van der Waals surface area contributed by atoms with Gasteiger partial charge in [-0.15, -0.1) is 0 Å². The van der Waals surface area contributed by atoms with Crippen molar-refractivity contribution in [2.24, 2.45) is 7.05 Å². The standard InChI is InChI=1S/C14H24N4O3/c1-13(2,3)21-12(20)17-14(4,5)11(19)16-9-10-15-7-8-18(10)6/h7-8H,9H2,1-6H3,(H,16,19)(H,17,20). The molecular weight excluding hydrogens is 272 g/mol. The maximum atomic E-state index is 12.2. The van der Waals surface area contributed by atoms with Crippen LogP contribution in [0.25, 0.3) is 0 Å². The van der Waals surface area contributed by atoms with Crippen LogP contribution in [-0.2, 0) is 23.1 Å². The van der Waals surface area contributed by atoms with Gasteiger partial charge >= 0.3 is 6.09 Å². The molecule has 0 atom stereocenters. The van der Waals surface area contributed by atoms with E-state index in [0.29, 0.717) is 6.54 Å². The molecule has 7 heteroatoms. The lowest BCUT2D eigenvalue weighted by Crippen LogP contribution is -2.55. The van der Waals surface area contributed by atoms with E-state index in [9.17, 15) is 9.59 Å². The minimum Gasteiger partial charge on any atom is -0.444 e. The van der Waals surface area contributed by atoms with Crippen LogP contribution in [0.3, 0.4) is 0 Å². The van der Waals surface area contributed by atoms with Crippen LogP contribution in [0.4, 0.5) is 4.79 Å². The molecule has 0 aliphatic heterocycles. The maximum Gasteiger partial charge on any atom is 0.408 e. The van der Waals surface area contributed by atoms with Crippen molar-refractivity contribution in [1.29, 1.82) is 0 Å². The third-order valence-corrected chi connectivity index (χ3v) is 2.71. The molecule has 1 heterocycles. The summed E-state index contributed by atoms with van der Waals surface area (Å²) in [7, 11) is 1.85. The zero-order valence-corrected chi connectivity index (χ0v) is 13.5. The maximum absolute atomic E-state index is 12.2. The van der Waals surface area contributed by atoms with Gasteiger partial charge < -0.3 is 19.9 Å². The summed E-state index contributed by atoms with van der Waals surface area (Å²) < 4.78 is 6.96. The first-order valence-corrected chi connectivity index (χ1v) is 6.77. The molecule has 0 fully saturated rings. The molecule has 0 bridgehead atoms. The van der Waals surface area contributed by atoms with Crippen LogP contribution >= 0.6 is 0 Å². The number of hydrogen-bond donors (Lipinski definition) is 2. The van der Waals surface area contributed by atoms with E-state index in [0.717, 1.165) is 5.82 Å². The van der Waals surface area contributed by atoms with Gasteiger partial charge in [0.2, 0.25) is 5.91 Å². The first-order valence-electron chi connectivity index (χ1n) is 6.77. The summed E-state index contributed by atoms with van der Waals surface area (Å²) in [5.74, 6) is 0.424. The highest BCUT2D eigenvalue weighted by atomic mass is 16.6. The highest BCUT2D eigenvalue weighted by Gasteiger charge is 2.31. The summed E-state index contributed by atoms with van der Waals surface area (Å²) in [5.41, 5.74) is -1.68. The van der Waals surface area contributed by atoms with E-state index in [2.05, 4.69) is 15.6 Å². The van der Waals surface area contributed by atoms with E-state index < -0.39 is 17.2 Å². The lowest BCUT2D eigenvalue weighted by molar-refractivity contribution is -0.126. The minimum absolute atomic E-state index is 0.293. The summed E-state index contributed by atoms with van der Waals surface area (Å²) in [6, 6.07) is 0. The molecule has 0 aromatic carbocycles. The van der Waals surface area contributed by atoms with Gasteiger partial charge in [-0.25, -0.2) is 9.78 Å². The first kappa shape index (κ1) is 17.0. The van der Waals surface area contributed by atoms with Crippen LogP contribution in [0.5, 0.6) is 0 Å². The van der Waals surface area contributed by atoms with E-state index in [1.807, 2.05) is 11.6 Å². The van der Waals surface area contributed by atoms with E-state index >= 15 is 0 Å². The van der Waals surface area contributed by atoms with E-state index in [-0.39, 0.29) is 5.91 Å². The molecular formula is C14H24N4O3. The van der Waals surface area contributed by atoms with Crippen LogP contribution in [0, 0.1) is 0 Å². The molecule has 1 rings (SSSR count). The van der Waals surface area contributed by atoms with Crippen LogP contribution < -0.4 is 10.6 Å². The smallest absolute Gasteiger partial charge is 0.408 e. The van der Waals surface area contributed by atoms with E-state index in [1.165, 1.54) is 0 Å². The highest BCUT2D eigenvalue weighted by molar-refractivity contribution is 5.89. The second-order valence-corrected chi connectivity index (χ2v) is 6.39. The van der Waals surface area contributed by atoms with Crippen LogP contribution in [0.1, 0.15) is 40.4 Å². The average Bonchev–Trinajstić information content (AvgIpc) is 2.68. The number of alkyl carbamates (subject to hydrolysis) is 1. The summed E-state index contributed by atoms with van der Waals surface area (Å²) in [6.07, 6.45) is 2.83. The Hall–Kier alpha value is -2.05. The highest BCUT2D eigenvalue weighted by Crippen LogP contribution is 2.09. The topological polar surface area (TPSA) is 85.3 Å². The largest absolute Gasteiger partial charge is 0.444 e. The Morgan fingerprint density at radius 2 is 1.90 bits per heavy atom. The predicted octanol–water partition coefficient (Wildman–Crippen LogP) is 1.34. The minimum atomic E-state index is -1.08. The Balaban J connectivity index is 2.55. The fourth-order valence-corrected chi connectivity index (χ4v) is 1.56. The molecule has 0 aliphatic carbocycles. The van der Waals surface area contributed by atoms with Crippen LogP contribution in [0.2, 0.25) is 0 Å². The van der Waals surface area contributed by atoms with Crippen molar-refractivity contribution in [1.82, 2.24) is 20.2 Å². The first-order chi connectivity index (χ1) is 9.51. The van der Waals surface area contributed by atoms with Gasteiger partial charge in [0, 0.05) is 19.4 Å². The fraction of sp³-hybridized carbons (Fsp3) is 0.643. The van der Waals surface area contributed by atoms with Gasteiger partial charge in [0.15, 0.2) is 0 Å². The molecule has 2 amide bonds. The molecule has 0 radical (unpaired) electrons. The Morgan fingerprint density at radius 3 is 2.38 bits per heavy atom. The van der Waals surface area contributed by atoms with Gasteiger partial charge in [0.1, 0.15) is 17.0 Å².